The molecule has 0 saturated carbocycles. The van der Waals surface area contributed by atoms with Crippen molar-refractivity contribution in [3.05, 3.63) is 34.9 Å². The molecule has 1 aromatic rings. The van der Waals surface area contributed by atoms with Crippen LogP contribution in [0.15, 0.2) is 24.3 Å². The summed E-state index contributed by atoms with van der Waals surface area (Å²) in [7, 11) is 0. The molecule has 1 fully saturated rings. The van der Waals surface area contributed by atoms with Crippen molar-refractivity contribution in [3.8, 4) is 0 Å². The Morgan fingerprint density at radius 2 is 1.79 bits per heavy atom. The highest BCUT2D eigenvalue weighted by Crippen LogP contribution is 2.29. The third-order valence-electron chi connectivity index (χ3n) is 4.03. The van der Waals surface area contributed by atoms with E-state index in [-0.39, 0.29) is 5.78 Å². The van der Waals surface area contributed by atoms with Gasteiger partial charge in [-0.25, -0.2) is 0 Å². The monoisotopic (exact) mass is 279 g/mol. The molecule has 0 atom stereocenters. The van der Waals surface area contributed by atoms with Crippen LogP contribution in [0.1, 0.15) is 43.5 Å². The number of Topliss-reactive ketones (excluding diaryl/α,β-unsaturated/α-hetero) is 1. The molecule has 0 spiro atoms. The van der Waals surface area contributed by atoms with Gasteiger partial charge < -0.3 is 4.90 Å². The van der Waals surface area contributed by atoms with E-state index in [1.807, 2.05) is 12.1 Å². The zero-order chi connectivity index (χ0) is 13.9. The van der Waals surface area contributed by atoms with Crippen LogP contribution >= 0.6 is 11.6 Å². The molecule has 1 heterocycles. The van der Waals surface area contributed by atoms with Gasteiger partial charge in [-0.05, 0) is 55.6 Å². The maximum atomic E-state index is 12.1. The van der Waals surface area contributed by atoms with Gasteiger partial charge in [-0.3, -0.25) is 4.79 Å². The molecule has 0 radical (unpaired) electrons. The third kappa shape index (κ3) is 4.32. The van der Waals surface area contributed by atoms with Crippen LogP contribution in [0.2, 0.25) is 5.02 Å². The van der Waals surface area contributed by atoms with E-state index in [1.54, 1.807) is 12.1 Å². The first-order valence-electron chi connectivity index (χ1n) is 6.97. The third-order valence-corrected chi connectivity index (χ3v) is 4.28. The molecule has 0 bridgehead atoms. The Morgan fingerprint density at radius 3 is 2.37 bits per heavy atom. The lowest BCUT2D eigenvalue weighted by Gasteiger charge is -2.36. The quantitative estimate of drug-likeness (QED) is 0.776. The summed E-state index contributed by atoms with van der Waals surface area (Å²) in [6.07, 6.45) is 3.05. The first-order valence-corrected chi connectivity index (χ1v) is 7.35. The van der Waals surface area contributed by atoms with Gasteiger partial charge in [0.05, 0.1) is 0 Å². The van der Waals surface area contributed by atoms with Crippen molar-refractivity contribution >= 4 is 17.4 Å². The van der Waals surface area contributed by atoms with Crippen LogP contribution in [-0.4, -0.2) is 30.3 Å². The average Bonchev–Trinajstić information content (AvgIpc) is 2.38. The SMILES string of the molecule is CC1(C)CCN(CCC(=O)c2ccc(Cl)cc2)CC1. The van der Waals surface area contributed by atoms with Crippen molar-refractivity contribution in [2.45, 2.75) is 33.1 Å². The Balaban J connectivity index is 1.80. The van der Waals surface area contributed by atoms with Gasteiger partial charge in [-0.1, -0.05) is 25.4 Å². The smallest absolute Gasteiger partial charge is 0.164 e. The first kappa shape index (κ1) is 14.5. The van der Waals surface area contributed by atoms with Crippen LogP contribution in [0.5, 0.6) is 0 Å². The Bertz CT molecular complexity index is 429. The van der Waals surface area contributed by atoms with Gasteiger partial charge in [0.2, 0.25) is 0 Å². The molecule has 104 valence electrons. The lowest BCUT2D eigenvalue weighted by molar-refractivity contribution is 0.0927. The summed E-state index contributed by atoms with van der Waals surface area (Å²) in [5.74, 6) is 0.210. The van der Waals surface area contributed by atoms with Gasteiger partial charge in [0.15, 0.2) is 5.78 Å². The summed E-state index contributed by atoms with van der Waals surface area (Å²) >= 11 is 5.82. The second-order valence-corrected chi connectivity index (χ2v) is 6.62. The van der Waals surface area contributed by atoms with Crippen LogP contribution < -0.4 is 0 Å². The van der Waals surface area contributed by atoms with Crippen molar-refractivity contribution in [2.24, 2.45) is 5.41 Å². The Morgan fingerprint density at radius 1 is 1.21 bits per heavy atom. The molecule has 2 nitrogen and oxygen atoms in total. The number of carbonyl (C=O) groups excluding carboxylic acids is 1. The van der Waals surface area contributed by atoms with E-state index in [0.29, 0.717) is 16.9 Å². The van der Waals surface area contributed by atoms with Crippen molar-refractivity contribution < 1.29 is 4.79 Å². The van der Waals surface area contributed by atoms with Crippen molar-refractivity contribution in [1.29, 1.82) is 0 Å². The first-order chi connectivity index (χ1) is 8.96. The van der Waals surface area contributed by atoms with E-state index >= 15 is 0 Å². The Labute approximate surface area is 120 Å². The zero-order valence-corrected chi connectivity index (χ0v) is 12.5. The molecule has 1 aliphatic rings. The number of nitrogens with zero attached hydrogens (tertiary/aromatic N) is 1. The van der Waals surface area contributed by atoms with E-state index in [4.69, 9.17) is 11.6 Å². The summed E-state index contributed by atoms with van der Waals surface area (Å²) in [4.78, 5) is 14.5. The molecule has 1 saturated heterocycles. The number of carbonyl (C=O) groups is 1. The maximum Gasteiger partial charge on any atom is 0.164 e. The van der Waals surface area contributed by atoms with Crippen LogP contribution in [0.4, 0.5) is 0 Å². The summed E-state index contributed by atoms with van der Waals surface area (Å²) in [5, 5.41) is 0.676. The molecule has 1 aromatic carbocycles. The standard InChI is InChI=1S/C16H22ClNO/c1-16(2)8-11-18(12-9-16)10-7-15(19)13-3-5-14(17)6-4-13/h3-6H,7-12H2,1-2H3. The van der Waals surface area contributed by atoms with Gasteiger partial charge in [0, 0.05) is 23.6 Å². The molecule has 0 amide bonds. The molecular formula is C16H22ClNO. The minimum Gasteiger partial charge on any atom is -0.303 e. The molecular weight excluding hydrogens is 258 g/mol. The number of ketones is 1. The number of piperidine rings is 1. The van der Waals surface area contributed by atoms with E-state index in [1.165, 1.54) is 12.8 Å². The topological polar surface area (TPSA) is 20.3 Å². The van der Waals surface area contributed by atoms with Crippen LogP contribution in [0.3, 0.4) is 0 Å². The lowest BCUT2D eigenvalue weighted by Crippen LogP contribution is -2.38. The predicted molar refractivity (Wildman–Crippen MR) is 79.9 cm³/mol. The number of rotatable bonds is 4. The number of hydrogen-bond donors (Lipinski definition) is 0. The van der Waals surface area contributed by atoms with Crippen LogP contribution in [0, 0.1) is 5.41 Å². The highest BCUT2D eigenvalue weighted by molar-refractivity contribution is 6.30. The molecule has 2 rings (SSSR count). The van der Waals surface area contributed by atoms with Crippen molar-refractivity contribution in [1.82, 2.24) is 4.90 Å². The number of hydrogen-bond acceptors (Lipinski definition) is 2. The second kappa shape index (κ2) is 6.06. The number of benzene rings is 1. The summed E-state index contributed by atoms with van der Waals surface area (Å²) in [6, 6.07) is 7.17. The van der Waals surface area contributed by atoms with Gasteiger partial charge in [-0.15, -0.1) is 0 Å². The minimum absolute atomic E-state index is 0.210. The fourth-order valence-electron chi connectivity index (χ4n) is 2.42. The Kier molecular flexibility index (Phi) is 4.64. The summed E-state index contributed by atoms with van der Waals surface area (Å²) in [5.41, 5.74) is 1.23. The van der Waals surface area contributed by atoms with Gasteiger partial charge in [-0.2, -0.15) is 0 Å². The molecule has 0 N–H and O–H groups in total. The average molecular weight is 280 g/mol. The van der Waals surface area contributed by atoms with Crippen molar-refractivity contribution in [3.63, 3.8) is 0 Å². The Hall–Kier alpha value is -0.860. The lowest BCUT2D eigenvalue weighted by atomic mass is 9.82. The summed E-state index contributed by atoms with van der Waals surface area (Å²) in [6.45, 7) is 7.74. The highest BCUT2D eigenvalue weighted by Gasteiger charge is 2.25. The summed E-state index contributed by atoms with van der Waals surface area (Å²) < 4.78 is 0. The molecule has 1 aliphatic heterocycles. The van der Waals surface area contributed by atoms with E-state index in [9.17, 15) is 4.79 Å². The van der Waals surface area contributed by atoms with Gasteiger partial charge >= 0.3 is 0 Å². The second-order valence-electron chi connectivity index (χ2n) is 6.19. The molecule has 19 heavy (non-hydrogen) atoms. The predicted octanol–water partition coefficient (Wildman–Crippen LogP) is 4.03. The van der Waals surface area contributed by atoms with E-state index in [2.05, 4.69) is 18.7 Å². The van der Waals surface area contributed by atoms with Gasteiger partial charge in [0.25, 0.3) is 0 Å². The number of likely N-dealkylation sites (tertiary alicyclic amines) is 1. The minimum atomic E-state index is 0.210. The largest absolute Gasteiger partial charge is 0.303 e. The normalized spacial score (nSPS) is 19.3. The van der Waals surface area contributed by atoms with Crippen LogP contribution in [-0.2, 0) is 0 Å². The van der Waals surface area contributed by atoms with Crippen molar-refractivity contribution in [2.75, 3.05) is 19.6 Å². The van der Waals surface area contributed by atoms with E-state index < -0.39 is 0 Å². The molecule has 0 aliphatic carbocycles. The highest BCUT2D eigenvalue weighted by atomic mass is 35.5. The molecule has 3 heteroatoms. The molecule has 0 aromatic heterocycles. The van der Waals surface area contributed by atoms with Gasteiger partial charge in [0.1, 0.15) is 0 Å². The maximum absolute atomic E-state index is 12.1. The molecule has 0 unspecified atom stereocenters. The van der Waals surface area contributed by atoms with Crippen LogP contribution in [0.25, 0.3) is 0 Å². The van der Waals surface area contributed by atoms with E-state index in [0.717, 1.165) is 25.2 Å². The fraction of sp³-hybridized carbons (Fsp3) is 0.562. The zero-order valence-electron chi connectivity index (χ0n) is 11.8. The number of halogens is 1. The fourth-order valence-corrected chi connectivity index (χ4v) is 2.55.